The Morgan fingerprint density at radius 2 is 1.78 bits per heavy atom. The molecule has 2 aromatic rings. The Bertz CT molecular complexity index is 847. The lowest BCUT2D eigenvalue weighted by atomic mass is 9.98. The second kappa shape index (κ2) is 7.53. The molecule has 1 fully saturated rings. The molecule has 2 heterocycles. The number of anilines is 1. The van der Waals surface area contributed by atoms with Gasteiger partial charge < -0.3 is 4.74 Å². The van der Waals surface area contributed by atoms with E-state index in [0.29, 0.717) is 12.3 Å². The monoisotopic (exact) mass is 364 g/mol. The van der Waals surface area contributed by atoms with Gasteiger partial charge in [0.15, 0.2) is 0 Å². The smallest absolute Gasteiger partial charge is 0.251 e. The molecule has 2 aromatic carbocycles. The zero-order chi connectivity index (χ0) is 18.8. The van der Waals surface area contributed by atoms with Crippen LogP contribution in [0.2, 0.25) is 0 Å². The molecule has 5 nitrogen and oxygen atoms in total. The van der Waals surface area contributed by atoms with Crippen molar-refractivity contribution in [1.29, 1.82) is 0 Å². The van der Waals surface area contributed by atoms with Crippen LogP contribution in [0.4, 0.5) is 5.69 Å². The minimum absolute atomic E-state index is 0.124. The van der Waals surface area contributed by atoms with Crippen LogP contribution in [-0.2, 0) is 22.6 Å². The second-order valence-corrected chi connectivity index (χ2v) is 7.12. The van der Waals surface area contributed by atoms with Crippen LogP contribution in [0, 0.1) is 0 Å². The number of fused-ring (bicyclic) bond motifs is 1. The van der Waals surface area contributed by atoms with Crippen LogP contribution in [0.25, 0.3) is 0 Å². The van der Waals surface area contributed by atoms with Gasteiger partial charge in [-0.05, 0) is 48.2 Å². The summed E-state index contributed by atoms with van der Waals surface area (Å²) in [5.41, 5.74) is 3.21. The van der Waals surface area contributed by atoms with Crippen molar-refractivity contribution < 1.29 is 14.3 Å². The first-order chi connectivity index (χ1) is 13.2. The van der Waals surface area contributed by atoms with E-state index in [4.69, 9.17) is 4.74 Å². The van der Waals surface area contributed by atoms with Crippen LogP contribution in [-0.4, -0.2) is 35.9 Å². The number of amides is 2. The average Bonchev–Trinajstić information content (AvgIpc) is 3.00. The van der Waals surface area contributed by atoms with Gasteiger partial charge >= 0.3 is 0 Å². The quantitative estimate of drug-likeness (QED) is 0.765. The first kappa shape index (κ1) is 17.7. The first-order valence-corrected chi connectivity index (χ1v) is 9.58. The Balaban J connectivity index is 1.49. The maximum atomic E-state index is 13.0. The van der Waals surface area contributed by atoms with Gasteiger partial charge in [0.25, 0.3) is 5.91 Å². The largest absolute Gasteiger partial charge is 0.494 e. The van der Waals surface area contributed by atoms with E-state index in [2.05, 4.69) is 24.0 Å². The topological polar surface area (TPSA) is 49.9 Å². The molecule has 5 heteroatoms. The number of carbonyl (C=O) groups excluding carboxylic acids is 2. The van der Waals surface area contributed by atoms with Crippen molar-refractivity contribution in [2.24, 2.45) is 0 Å². The van der Waals surface area contributed by atoms with Crippen LogP contribution in [0.3, 0.4) is 0 Å². The molecule has 0 aromatic heterocycles. The molecule has 2 amide bonds. The summed E-state index contributed by atoms with van der Waals surface area (Å²) in [6.45, 7) is 4.23. The van der Waals surface area contributed by atoms with Gasteiger partial charge in [0.05, 0.1) is 24.8 Å². The van der Waals surface area contributed by atoms with Crippen LogP contribution in [0.1, 0.15) is 30.9 Å². The fourth-order valence-corrected chi connectivity index (χ4v) is 3.87. The zero-order valence-electron chi connectivity index (χ0n) is 15.6. The summed E-state index contributed by atoms with van der Waals surface area (Å²) in [6.07, 6.45) is 2.10. The van der Waals surface area contributed by atoms with Crippen LogP contribution in [0.5, 0.6) is 5.75 Å². The molecule has 0 radical (unpaired) electrons. The minimum Gasteiger partial charge on any atom is -0.494 e. The Hall–Kier alpha value is -2.66. The predicted octanol–water partition coefficient (Wildman–Crippen LogP) is 3.17. The zero-order valence-corrected chi connectivity index (χ0v) is 15.6. The van der Waals surface area contributed by atoms with E-state index < -0.39 is 0 Å². The fraction of sp³-hybridized carbons (Fsp3) is 0.364. The van der Waals surface area contributed by atoms with E-state index >= 15 is 0 Å². The van der Waals surface area contributed by atoms with E-state index in [-0.39, 0.29) is 24.3 Å². The summed E-state index contributed by atoms with van der Waals surface area (Å²) in [5, 5.41) is 0. The fourth-order valence-electron chi connectivity index (χ4n) is 3.87. The van der Waals surface area contributed by atoms with Crippen molar-refractivity contribution in [3.05, 3.63) is 59.7 Å². The highest BCUT2D eigenvalue weighted by molar-refractivity contribution is 6.22. The number of rotatable bonds is 5. The molecular formula is C22H24N2O3. The Morgan fingerprint density at radius 1 is 1.04 bits per heavy atom. The lowest BCUT2D eigenvalue weighted by Gasteiger charge is -2.32. The van der Waals surface area contributed by atoms with Gasteiger partial charge in [0, 0.05) is 13.1 Å². The molecule has 0 N–H and O–H groups in total. The standard InChI is InChI=1S/C22H24N2O3/c1-2-13-27-19-9-7-18(8-10-19)24-21(25)14-20(22(24)26)23-12-11-16-5-3-4-6-17(16)15-23/h3-10,20H,2,11-15H2,1H3/t20-/m1/s1. The van der Waals surface area contributed by atoms with Gasteiger partial charge in [-0.2, -0.15) is 0 Å². The van der Waals surface area contributed by atoms with Gasteiger partial charge in [-0.1, -0.05) is 31.2 Å². The molecule has 140 valence electrons. The van der Waals surface area contributed by atoms with Crippen molar-refractivity contribution in [1.82, 2.24) is 4.90 Å². The number of imide groups is 1. The number of benzene rings is 2. The maximum Gasteiger partial charge on any atom is 0.251 e. The van der Waals surface area contributed by atoms with Crippen molar-refractivity contribution in [2.45, 2.75) is 38.8 Å². The molecule has 0 saturated carbocycles. The third-order valence-corrected chi connectivity index (χ3v) is 5.29. The SMILES string of the molecule is CCCOc1ccc(N2C(=O)C[C@@H](N3CCc4ccccc4C3)C2=O)cc1. The third-order valence-electron chi connectivity index (χ3n) is 5.29. The Kier molecular flexibility index (Phi) is 4.94. The van der Waals surface area contributed by atoms with Gasteiger partial charge in [-0.25, -0.2) is 4.90 Å². The highest BCUT2D eigenvalue weighted by Crippen LogP contribution is 2.30. The second-order valence-electron chi connectivity index (χ2n) is 7.12. The average molecular weight is 364 g/mol. The molecule has 0 bridgehead atoms. The van der Waals surface area contributed by atoms with Crippen molar-refractivity contribution in [3.8, 4) is 5.75 Å². The van der Waals surface area contributed by atoms with Gasteiger partial charge in [-0.3, -0.25) is 14.5 Å². The maximum absolute atomic E-state index is 13.0. The highest BCUT2D eigenvalue weighted by atomic mass is 16.5. The first-order valence-electron chi connectivity index (χ1n) is 9.58. The summed E-state index contributed by atoms with van der Waals surface area (Å²) in [7, 11) is 0. The van der Waals surface area contributed by atoms with Crippen molar-refractivity contribution in [2.75, 3.05) is 18.1 Å². The minimum atomic E-state index is -0.373. The molecule has 2 aliphatic heterocycles. The molecule has 1 saturated heterocycles. The predicted molar refractivity (Wildman–Crippen MR) is 104 cm³/mol. The number of hydrogen-bond acceptors (Lipinski definition) is 4. The number of ether oxygens (including phenoxy) is 1. The molecule has 0 spiro atoms. The normalized spacial score (nSPS) is 20.0. The molecule has 0 aliphatic carbocycles. The molecule has 2 aliphatic rings. The summed E-state index contributed by atoms with van der Waals surface area (Å²) < 4.78 is 5.58. The van der Waals surface area contributed by atoms with Crippen LogP contribution < -0.4 is 9.64 Å². The third kappa shape index (κ3) is 3.47. The molecule has 27 heavy (non-hydrogen) atoms. The van der Waals surface area contributed by atoms with E-state index in [1.807, 2.05) is 24.3 Å². The van der Waals surface area contributed by atoms with E-state index in [1.165, 1.54) is 16.0 Å². The molecular weight excluding hydrogens is 340 g/mol. The Labute approximate surface area is 159 Å². The van der Waals surface area contributed by atoms with Crippen LogP contribution in [0.15, 0.2) is 48.5 Å². The number of hydrogen-bond donors (Lipinski definition) is 0. The number of carbonyl (C=O) groups is 2. The number of nitrogens with zero attached hydrogens (tertiary/aromatic N) is 2. The molecule has 0 unspecified atom stereocenters. The highest BCUT2D eigenvalue weighted by Gasteiger charge is 2.43. The van der Waals surface area contributed by atoms with E-state index in [1.54, 1.807) is 12.1 Å². The van der Waals surface area contributed by atoms with E-state index in [9.17, 15) is 9.59 Å². The lowest BCUT2D eigenvalue weighted by molar-refractivity contribution is -0.123. The summed E-state index contributed by atoms with van der Waals surface area (Å²) in [6, 6.07) is 15.2. The van der Waals surface area contributed by atoms with Gasteiger partial charge in [0.2, 0.25) is 5.91 Å². The lowest BCUT2D eigenvalue weighted by Crippen LogP contribution is -2.44. The van der Waals surface area contributed by atoms with Crippen molar-refractivity contribution in [3.63, 3.8) is 0 Å². The van der Waals surface area contributed by atoms with Crippen LogP contribution >= 0.6 is 0 Å². The molecule has 4 rings (SSSR count). The van der Waals surface area contributed by atoms with Gasteiger partial charge in [0.1, 0.15) is 5.75 Å². The summed E-state index contributed by atoms with van der Waals surface area (Å²) >= 11 is 0. The van der Waals surface area contributed by atoms with Crippen molar-refractivity contribution >= 4 is 17.5 Å². The van der Waals surface area contributed by atoms with E-state index in [0.717, 1.165) is 31.7 Å². The molecule has 1 atom stereocenters. The van der Waals surface area contributed by atoms with Gasteiger partial charge in [-0.15, -0.1) is 0 Å². The summed E-state index contributed by atoms with van der Waals surface area (Å²) in [4.78, 5) is 29.1. The Morgan fingerprint density at radius 3 is 2.52 bits per heavy atom. The summed E-state index contributed by atoms with van der Waals surface area (Å²) in [5.74, 6) is 0.497.